The number of para-hydroxylation sites is 1. The van der Waals surface area contributed by atoms with Crippen molar-refractivity contribution in [3.63, 3.8) is 0 Å². The number of hydrogen-bond acceptors (Lipinski definition) is 7. The second-order valence-electron chi connectivity index (χ2n) is 11.2. The van der Waals surface area contributed by atoms with E-state index in [9.17, 15) is 14.4 Å². The van der Waals surface area contributed by atoms with Crippen LogP contribution in [0.1, 0.15) is 30.5 Å². The molecule has 2 atom stereocenters. The number of aromatic nitrogens is 1. The number of anilines is 1. The van der Waals surface area contributed by atoms with E-state index < -0.39 is 12.2 Å². The van der Waals surface area contributed by atoms with Gasteiger partial charge in [0.15, 0.2) is 5.13 Å². The Morgan fingerprint density at radius 1 is 1.02 bits per heavy atom. The first-order valence-electron chi connectivity index (χ1n) is 14.5. The van der Waals surface area contributed by atoms with E-state index in [-0.39, 0.29) is 37.0 Å². The number of fused-ring (bicyclic) bond motifs is 2. The van der Waals surface area contributed by atoms with Crippen LogP contribution in [0.3, 0.4) is 0 Å². The van der Waals surface area contributed by atoms with Crippen LogP contribution in [0.5, 0.6) is 0 Å². The Kier molecular flexibility index (Phi) is 8.00. The number of benzene rings is 3. The Balaban J connectivity index is 1.32. The number of urea groups is 1. The SMILES string of the molecule is CC(C)N(C(=O)NCc1ccccc1)N1CC(=O)N2[C@@H](Cc3ccccc3)C(=O)N(Cc3cccc4sc(N)nc34)C[C@@H]21. The van der Waals surface area contributed by atoms with Gasteiger partial charge in [-0.2, -0.15) is 5.01 Å². The second kappa shape index (κ2) is 12.0. The minimum atomic E-state index is -0.709. The lowest BCUT2D eigenvalue weighted by atomic mass is 10.00. The molecule has 3 heterocycles. The third-order valence-corrected chi connectivity index (χ3v) is 8.83. The highest BCUT2D eigenvalue weighted by atomic mass is 32.1. The summed E-state index contributed by atoms with van der Waals surface area (Å²) in [7, 11) is 0. The molecule has 222 valence electrons. The van der Waals surface area contributed by atoms with Gasteiger partial charge in [0.05, 0.1) is 23.3 Å². The summed E-state index contributed by atoms with van der Waals surface area (Å²) in [4.78, 5) is 49.5. The van der Waals surface area contributed by atoms with Crippen molar-refractivity contribution >= 4 is 44.5 Å². The van der Waals surface area contributed by atoms with Crippen molar-refractivity contribution < 1.29 is 14.4 Å². The van der Waals surface area contributed by atoms with E-state index in [1.54, 1.807) is 14.8 Å². The minimum Gasteiger partial charge on any atom is -0.375 e. The van der Waals surface area contributed by atoms with E-state index >= 15 is 0 Å². The smallest absolute Gasteiger partial charge is 0.332 e. The third-order valence-electron chi connectivity index (χ3n) is 7.98. The van der Waals surface area contributed by atoms with Crippen LogP contribution in [0.25, 0.3) is 10.2 Å². The predicted molar refractivity (Wildman–Crippen MR) is 166 cm³/mol. The molecule has 4 aromatic rings. The number of hydrazine groups is 1. The number of piperazine rings is 1. The molecule has 11 heteroatoms. The highest BCUT2D eigenvalue weighted by molar-refractivity contribution is 7.22. The molecule has 4 amide bonds. The van der Waals surface area contributed by atoms with Crippen molar-refractivity contribution in [3.05, 3.63) is 95.6 Å². The maximum absolute atomic E-state index is 14.1. The topological polar surface area (TPSA) is 115 Å². The lowest BCUT2D eigenvalue weighted by Crippen LogP contribution is -2.66. The zero-order valence-corrected chi connectivity index (χ0v) is 25.0. The molecule has 3 N–H and O–H groups in total. The number of nitrogens with one attached hydrogen (secondary N) is 1. The van der Waals surface area contributed by atoms with Crippen LogP contribution < -0.4 is 11.1 Å². The van der Waals surface area contributed by atoms with Crippen LogP contribution in [0, 0.1) is 0 Å². The first-order valence-corrected chi connectivity index (χ1v) is 15.3. The third kappa shape index (κ3) is 5.78. The van der Waals surface area contributed by atoms with E-state index in [2.05, 4.69) is 10.3 Å². The summed E-state index contributed by atoms with van der Waals surface area (Å²) in [5.41, 5.74) is 9.63. The summed E-state index contributed by atoms with van der Waals surface area (Å²) in [6, 6.07) is 24.1. The number of amides is 4. The molecule has 2 aliphatic heterocycles. The maximum atomic E-state index is 14.1. The van der Waals surface area contributed by atoms with E-state index in [0.717, 1.165) is 26.9 Å². The first kappa shape index (κ1) is 28.6. The molecular formula is C32H35N7O3S. The van der Waals surface area contributed by atoms with Crippen molar-refractivity contribution in [2.75, 3.05) is 18.8 Å². The van der Waals surface area contributed by atoms with Gasteiger partial charge in [-0.15, -0.1) is 0 Å². The van der Waals surface area contributed by atoms with Gasteiger partial charge in [0, 0.05) is 25.6 Å². The van der Waals surface area contributed by atoms with Gasteiger partial charge in [0.2, 0.25) is 11.8 Å². The molecule has 2 aliphatic rings. The number of nitrogen functional groups attached to an aromatic ring is 1. The standard InChI is InChI=1S/C32H35N7O3S/c1-21(2)39(32(42)34-17-23-12-7-4-8-13-23)37-20-28(40)38-25(16-22-10-5-3-6-11-22)30(41)36(19-27(37)38)18-24-14-9-15-26-29(24)35-31(33)43-26/h3-15,21,25,27H,16-20H2,1-2H3,(H2,33,35)(H,34,42)/t25-,27+/m0/s1. The fourth-order valence-corrected chi connectivity index (χ4v) is 6.84. The number of hydrogen-bond donors (Lipinski definition) is 2. The predicted octanol–water partition coefficient (Wildman–Crippen LogP) is 3.84. The van der Waals surface area contributed by atoms with Crippen molar-refractivity contribution in [2.24, 2.45) is 0 Å². The number of rotatable bonds is 8. The Morgan fingerprint density at radius 2 is 1.72 bits per heavy atom. The molecule has 2 fully saturated rings. The molecule has 0 aliphatic carbocycles. The number of carbonyl (C=O) groups is 3. The molecule has 6 rings (SSSR count). The number of nitrogens with two attached hydrogens (primary N) is 1. The fraction of sp³-hybridized carbons (Fsp3) is 0.312. The molecule has 0 radical (unpaired) electrons. The van der Waals surface area contributed by atoms with Gasteiger partial charge in [-0.25, -0.2) is 9.78 Å². The summed E-state index contributed by atoms with van der Waals surface area (Å²) in [6.07, 6.45) is -0.134. The Hall–Kier alpha value is -4.48. The summed E-state index contributed by atoms with van der Waals surface area (Å²) in [5, 5.41) is 6.94. The van der Waals surface area contributed by atoms with Crippen molar-refractivity contribution in [3.8, 4) is 0 Å². The van der Waals surface area contributed by atoms with Crippen LogP contribution >= 0.6 is 11.3 Å². The average Bonchev–Trinajstić information content (AvgIpc) is 3.54. The summed E-state index contributed by atoms with van der Waals surface area (Å²) in [5.74, 6) is -0.296. The minimum absolute atomic E-state index is 0.00617. The van der Waals surface area contributed by atoms with Crippen LogP contribution in [-0.2, 0) is 29.1 Å². The van der Waals surface area contributed by atoms with Gasteiger partial charge in [0.25, 0.3) is 0 Å². The summed E-state index contributed by atoms with van der Waals surface area (Å²) in [6.45, 7) is 4.79. The molecule has 0 unspecified atom stereocenters. The average molecular weight is 598 g/mol. The van der Waals surface area contributed by atoms with Crippen molar-refractivity contribution in [1.29, 1.82) is 0 Å². The summed E-state index contributed by atoms with van der Waals surface area (Å²) >= 11 is 1.41. The first-order chi connectivity index (χ1) is 20.8. The molecule has 0 bridgehead atoms. The van der Waals surface area contributed by atoms with Crippen LogP contribution in [0.15, 0.2) is 78.9 Å². The molecule has 3 aromatic carbocycles. The van der Waals surface area contributed by atoms with E-state index in [4.69, 9.17) is 5.73 Å². The largest absolute Gasteiger partial charge is 0.375 e. The van der Waals surface area contributed by atoms with Gasteiger partial charge in [-0.3, -0.25) is 14.6 Å². The van der Waals surface area contributed by atoms with Gasteiger partial charge < -0.3 is 20.9 Å². The molecule has 43 heavy (non-hydrogen) atoms. The van der Waals surface area contributed by atoms with E-state index in [1.165, 1.54) is 11.3 Å². The quantitative estimate of drug-likeness (QED) is 0.319. The second-order valence-corrected chi connectivity index (χ2v) is 12.3. The summed E-state index contributed by atoms with van der Waals surface area (Å²) < 4.78 is 0.959. The lowest BCUT2D eigenvalue weighted by molar-refractivity contribution is -0.158. The van der Waals surface area contributed by atoms with Gasteiger partial charge in [-0.05, 0) is 36.6 Å². The van der Waals surface area contributed by atoms with E-state index in [1.807, 2.05) is 97.7 Å². The zero-order valence-electron chi connectivity index (χ0n) is 24.2. The molecule has 1 aromatic heterocycles. The fourth-order valence-electron chi connectivity index (χ4n) is 6.06. The Morgan fingerprint density at radius 3 is 2.42 bits per heavy atom. The normalized spacial score (nSPS) is 18.9. The lowest BCUT2D eigenvalue weighted by Gasteiger charge is -2.47. The van der Waals surface area contributed by atoms with Gasteiger partial charge in [0.1, 0.15) is 12.2 Å². The Labute approximate surface area is 254 Å². The number of nitrogens with zero attached hydrogens (tertiary/aromatic N) is 5. The molecular weight excluding hydrogens is 562 g/mol. The monoisotopic (exact) mass is 597 g/mol. The highest BCUT2D eigenvalue weighted by Gasteiger charge is 2.52. The molecule has 2 saturated heterocycles. The van der Waals surface area contributed by atoms with Gasteiger partial charge >= 0.3 is 6.03 Å². The molecule has 0 saturated carbocycles. The number of carbonyl (C=O) groups excluding carboxylic acids is 3. The van der Waals surface area contributed by atoms with Crippen LogP contribution in [-0.4, -0.2) is 74.0 Å². The van der Waals surface area contributed by atoms with Crippen LogP contribution in [0.2, 0.25) is 0 Å². The molecule has 10 nitrogen and oxygen atoms in total. The molecule has 0 spiro atoms. The number of thiazole rings is 1. The van der Waals surface area contributed by atoms with Crippen molar-refractivity contribution in [1.82, 2.24) is 30.1 Å². The zero-order chi connectivity index (χ0) is 30.1. The highest BCUT2D eigenvalue weighted by Crippen LogP contribution is 2.32. The van der Waals surface area contributed by atoms with Crippen LogP contribution in [0.4, 0.5) is 9.93 Å². The van der Waals surface area contributed by atoms with Gasteiger partial charge in [-0.1, -0.05) is 84.1 Å². The van der Waals surface area contributed by atoms with Crippen molar-refractivity contribution in [2.45, 2.75) is 51.6 Å². The maximum Gasteiger partial charge on any atom is 0.332 e. The Bertz CT molecular complexity index is 1630. The van der Waals surface area contributed by atoms with E-state index in [0.29, 0.717) is 24.6 Å².